The number of benzene rings is 1. The lowest BCUT2D eigenvalue weighted by Gasteiger charge is -2.15. The fraction of sp³-hybridized carbons (Fsp3) is 0.308. The molecule has 2 aromatic rings. The second-order valence-corrected chi connectivity index (χ2v) is 4.39. The lowest BCUT2D eigenvalue weighted by atomic mass is 10.1. The number of hydrogen-bond donors (Lipinski definition) is 1. The van der Waals surface area contributed by atoms with Gasteiger partial charge in [-0.25, -0.2) is 4.39 Å². The van der Waals surface area contributed by atoms with Crippen molar-refractivity contribution in [2.45, 2.75) is 19.6 Å². The van der Waals surface area contributed by atoms with Crippen LogP contribution >= 0.6 is 11.6 Å². The minimum atomic E-state index is -1.17. The van der Waals surface area contributed by atoms with Crippen LogP contribution in [0.1, 0.15) is 24.3 Å². The van der Waals surface area contributed by atoms with Crippen LogP contribution in [0.25, 0.3) is 0 Å². The number of aromatic nitrogens is 2. The van der Waals surface area contributed by atoms with Crippen LogP contribution in [-0.4, -0.2) is 22.0 Å². The average molecular weight is 285 g/mol. The van der Waals surface area contributed by atoms with E-state index in [1.165, 1.54) is 30.1 Å². The number of ether oxygens (including phenoxy) is 1. The highest BCUT2D eigenvalue weighted by Gasteiger charge is 2.22. The molecule has 1 heterocycles. The quantitative estimate of drug-likeness (QED) is 0.939. The summed E-state index contributed by atoms with van der Waals surface area (Å²) in [5.74, 6) is -0.157. The van der Waals surface area contributed by atoms with E-state index in [4.69, 9.17) is 16.3 Å². The van der Waals surface area contributed by atoms with E-state index in [-0.39, 0.29) is 5.56 Å². The molecule has 4 nitrogen and oxygen atoms in total. The topological polar surface area (TPSA) is 47.3 Å². The van der Waals surface area contributed by atoms with E-state index in [9.17, 15) is 9.50 Å². The molecule has 0 fully saturated rings. The molecule has 0 bridgehead atoms. The number of hydrogen-bond acceptors (Lipinski definition) is 3. The summed E-state index contributed by atoms with van der Waals surface area (Å²) in [4.78, 5) is 0. The van der Waals surface area contributed by atoms with Gasteiger partial charge in [-0.3, -0.25) is 4.68 Å². The molecule has 0 saturated heterocycles. The number of aliphatic hydroxyl groups is 1. The van der Waals surface area contributed by atoms with Crippen LogP contribution in [0, 0.1) is 5.82 Å². The van der Waals surface area contributed by atoms with Crippen LogP contribution in [0.5, 0.6) is 5.75 Å². The lowest BCUT2D eigenvalue weighted by molar-refractivity contribution is 0.203. The Bertz CT molecular complexity index is 586. The van der Waals surface area contributed by atoms with Gasteiger partial charge < -0.3 is 9.84 Å². The Morgan fingerprint density at radius 3 is 2.84 bits per heavy atom. The monoisotopic (exact) mass is 284 g/mol. The third-order valence-corrected chi connectivity index (χ3v) is 3.19. The molecule has 6 heteroatoms. The van der Waals surface area contributed by atoms with Gasteiger partial charge in [0.1, 0.15) is 17.7 Å². The van der Waals surface area contributed by atoms with Gasteiger partial charge in [0, 0.05) is 18.2 Å². The molecule has 0 aliphatic rings. The van der Waals surface area contributed by atoms with E-state index in [2.05, 4.69) is 5.10 Å². The number of methoxy groups -OCH3 is 1. The van der Waals surface area contributed by atoms with Crippen LogP contribution in [0.2, 0.25) is 5.02 Å². The minimum Gasteiger partial charge on any atom is -0.497 e. The normalized spacial score (nSPS) is 12.5. The maximum atomic E-state index is 13.9. The molecule has 102 valence electrons. The first-order valence-electron chi connectivity index (χ1n) is 5.81. The summed E-state index contributed by atoms with van der Waals surface area (Å²) >= 11 is 5.99. The van der Waals surface area contributed by atoms with Crippen LogP contribution in [-0.2, 0) is 6.54 Å². The second-order valence-electron chi connectivity index (χ2n) is 3.98. The molecular weight excluding hydrogens is 271 g/mol. The molecule has 1 atom stereocenters. The molecular formula is C13H14ClFN2O2. The number of halogens is 2. The molecule has 0 saturated carbocycles. The Morgan fingerprint density at radius 2 is 2.26 bits per heavy atom. The Hall–Kier alpha value is -1.59. The smallest absolute Gasteiger partial charge is 0.133 e. The zero-order valence-electron chi connectivity index (χ0n) is 10.6. The van der Waals surface area contributed by atoms with Gasteiger partial charge in [0.2, 0.25) is 0 Å². The molecule has 1 N–H and O–H groups in total. The molecule has 0 aliphatic heterocycles. The predicted octanol–water partition coefficient (Wildman–Crippen LogP) is 2.79. The number of nitrogens with zero attached hydrogens (tertiary/aromatic N) is 2. The van der Waals surface area contributed by atoms with Gasteiger partial charge in [-0.1, -0.05) is 11.6 Å². The number of rotatable bonds is 4. The highest BCUT2D eigenvalue weighted by molar-refractivity contribution is 6.31. The Labute approximate surface area is 115 Å². The van der Waals surface area contributed by atoms with E-state index >= 15 is 0 Å². The van der Waals surface area contributed by atoms with Crippen molar-refractivity contribution in [2.75, 3.05) is 7.11 Å². The van der Waals surface area contributed by atoms with E-state index in [0.29, 0.717) is 23.0 Å². The van der Waals surface area contributed by atoms with E-state index < -0.39 is 11.9 Å². The van der Waals surface area contributed by atoms with Crippen molar-refractivity contribution in [2.24, 2.45) is 0 Å². The summed E-state index contributed by atoms with van der Waals surface area (Å²) in [7, 11) is 1.45. The molecule has 0 spiro atoms. The molecule has 1 aromatic carbocycles. The number of aryl methyl sites for hydroxylation is 1. The molecule has 19 heavy (non-hydrogen) atoms. The maximum absolute atomic E-state index is 13.9. The SMILES string of the molecule is CCn1ncc(Cl)c1C(O)c1ccc(OC)cc1F. The van der Waals surface area contributed by atoms with Gasteiger partial charge in [-0.2, -0.15) is 5.10 Å². The zero-order valence-corrected chi connectivity index (χ0v) is 11.4. The Morgan fingerprint density at radius 1 is 1.53 bits per heavy atom. The van der Waals surface area contributed by atoms with Crippen molar-refractivity contribution in [3.8, 4) is 5.75 Å². The second kappa shape index (κ2) is 5.59. The van der Waals surface area contributed by atoms with Crippen molar-refractivity contribution in [3.63, 3.8) is 0 Å². The molecule has 1 unspecified atom stereocenters. The Balaban J connectivity index is 2.43. The van der Waals surface area contributed by atoms with Crippen LogP contribution in [0.3, 0.4) is 0 Å². The summed E-state index contributed by atoms with van der Waals surface area (Å²) in [6, 6.07) is 4.28. The lowest BCUT2D eigenvalue weighted by Crippen LogP contribution is -2.11. The van der Waals surface area contributed by atoms with Crippen molar-refractivity contribution < 1.29 is 14.2 Å². The summed E-state index contributed by atoms with van der Waals surface area (Å²) in [5, 5.41) is 14.6. The molecule has 0 radical (unpaired) electrons. The standard InChI is InChI=1S/C13H14ClFN2O2/c1-3-17-12(10(14)7-16-17)13(18)9-5-4-8(19-2)6-11(9)15/h4-7,13,18H,3H2,1-2H3. The zero-order chi connectivity index (χ0) is 14.0. The maximum Gasteiger partial charge on any atom is 0.133 e. The largest absolute Gasteiger partial charge is 0.497 e. The van der Waals surface area contributed by atoms with Gasteiger partial charge in [-0.05, 0) is 19.1 Å². The number of aliphatic hydroxyl groups excluding tert-OH is 1. The van der Waals surface area contributed by atoms with Gasteiger partial charge in [0.15, 0.2) is 0 Å². The molecule has 0 amide bonds. The third-order valence-electron chi connectivity index (χ3n) is 2.89. The van der Waals surface area contributed by atoms with E-state index in [0.717, 1.165) is 0 Å². The van der Waals surface area contributed by atoms with E-state index in [1.807, 2.05) is 6.92 Å². The van der Waals surface area contributed by atoms with E-state index in [1.54, 1.807) is 6.07 Å². The van der Waals surface area contributed by atoms with Gasteiger partial charge in [0.25, 0.3) is 0 Å². The van der Waals surface area contributed by atoms with Crippen molar-refractivity contribution in [3.05, 3.63) is 46.5 Å². The van der Waals surface area contributed by atoms with Gasteiger partial charge in [0.05, 0.1) is 24.0 Å². The summed E-state index contributed by atoms with van der Waals surface area (Å²) in [6.45, 7) is 2.40. The van der Waals surface area contributed by atoms with Crippen molar-refractivity contribution >= 4 is 11.6 Å². The van der Waals surface area contributed by atoms with Crippen molar-refractivity contribution in [1.29, 1.82) is 0 Å². The predicted molar refractivity (Wildman–Crippen MR) is 69.9 cm³/mol. The summed E-state index contributed by atoms with van der Waals surface area (Å²) in [6.07, 6.45) is 0.270. The fourth-order valence-corrected chi connectivity index (χ4v) is 2.14. The first-order valence-corrected chi connectivity index (χ1v) is 6.19. The first-order chi connectivity index (χ1) is 9.08. The minimum absolute atomic E-state index is 0.137. The highest BCUT2D eigenvalue weighted by atomic mass is 35.5. The van der Waals surface area contributed by atoms with Crippen molar-refractivity contribution in [1.82, 2.24) is 9.78 Å². The van der Waals surface area contributed by atoms with Crippen LogP contribution in [0.15, 0.2) is 24.4 Å². The summed E-state index contributed by atoms with van der Waals surface area (Å²) < 4.78 is 20.4. The third kappa shape index (κ3) is 2.57. The molecule has 0 aliphatic carbocycles. The van der Waals surface area contributed by atoms with Crippen LogP contribution < -0.4 is 4.74 Å². The van der Waals surface area contributed by atoms with Gasteiger partial charge >= 0.3 is 0 Å². The highest BCUT2D eigenvalue weighted by Crippen LogP contribution is 2.31. The first kappa shape index (κ1) is 13.8. The fourth-order valence-electron chi connectivity index (χ4n) is 1.90. The molecule has 2 rings (SSSR count). The van der Waals surface area contributed by atoms with Crippen LogP contribution in [0.4, 0.5) is 4.39 Å². The molecule has 1 aromatic heterocycles. The summed E-state index contributed by atoms with van der Waals surface area (Å²) in [5.41, 5.74) is 0.520. The van der Waals surface area contributed by atoms with Gasteiger partial charge in [-0.15, -0.1) is 0 Å². The average Bonchev–Trinajstić information content (AvgIpc) is 2.78. The Kier molecular flexibility index (Phi) is 4.07.